The van der Waals surface area contributed by atoms with Crippen molar-refractivity contribution in [3.8, 4) is 0 Å². The monoisotopic (exact) mass is 232 g/mol. The van der Waals surface area contributed by atoms with Gasteiger partial charge in [-0.2, -0.15) is 0 Å². The lowest BCUT2D eigenvalue weighted by Crippen LogP contribution is -2.61. The van der Waals surface area contributed by atoms with Crippen molar-refractivity contribution in [3.05, 3.63) is 18.0 Å². The third-order valence-corrected chi connectivity index (χ3v) is 3.94. The molecule has 3 rings (SSSR count). The molecule has 0 amide bonds. The van der Waals surface area contributed by atoms with Gasteiger partial charge in [-0.15, -0.1) is 0 Å². The van der Waals surface area contributed by atoms with Crippen LogP contribution in [-0.4, -0.2) is 48.1 Å². The van der Waals surface area contributed by atoms with E-state index in [1.54, 1.807) is 0 Å². The standard InChI is InChI=1S/C13H20N4/c1-11-4-6-14-12(15-11)17-7-3-5-13(10-17)8-16(2)9-13/h4,6H,3,5,7-10H2,1-2H3. The largest absolute Gasteiger partial charge is 0.340 e. The number of aromatic nitrogens is 2. The summed E-state index contributed by atoms with van der Waals surface area (Å²) < 4.78 is 0. The van der Waals surface area contributed by atoms with Crippen LogP contribution in [0.4, 0.5) is 5.95 Å². The summed E-state index contributed by atoms with van der Waals surface area (Å²) in [6.07, 6.45) is 4.50. The maximum absolute atomic E-state index is 4.54. The molecule has 1 spiro atoms. The molecule has 0 unspecified atom stereocenters. The molecule has 0 aromatic carbocycles. The average Bonchev–Trinajstić information content (AvgIpc) is 2.28. The van der Waals surface area contributed by atoms with Gasteiger partial charge in [-0.1, -0.05) is 0 Å². The average molecular weight is 232 g/mol. The van der Waals surface area contributed by atoms with Crippen LogP contribution >= 0.6 is 0 Å². The van der Waals surface area contributed by atoms with Gasteiger partial charge in [0.2, 0.25) is 5.95 Å². The van der Waals surface area contributed by atoms with Crippen molar-refractivity contribution in [1.29, 1.82) is 0 Å². The van der Waals surface area contributed by atoms with E-state index in [2.05, 4.69) is 26.8 Å². The highest BCUT2D eigenvalue weighted by Crippen LogP contribution is 2.38. The summed E-state index contributed by atoms with van der Waals surface area (Å²) >= 11 is 0. The smallest absolute Gasteiger partial charge is 0.225 e. The van der Waals surface area contributed by atoms with E-state index in [4.69, 9.17) is 0 Å². The summed E-state index contributed by atoms with van der Waals surface area (Å²) in [6, 6.07) is 1.96. The van der Waals surface area contributed by atoms with E-state index in [-0.39, 0.29) is 0 Å². The van der Waals surface area contributed by atoms with Gasteiger partial charge in [-0.3, -0.25) is 0 Å². The van der Waals surface area contributed by atoms with E-state index in [0.717, 1.165) is 24.7 Å². The lowest BCUT2D eigenvalue weighted by molar-refractivity contribution is 0.00985. The number of hydrogen-bond donors (Lipinski definition) is 0. The zero-order valence-electron chi connectivity index (χ0n) is 10.7. The molecule has 1 aromatic heterocycles. The first-order valence-corrected chi connectivity index (χ1v) is 6.40. The highest BCUT2D eigenvalue weighted by molar-refractivity contribution is 5.32. The summed E-state index contributed by atoms with van der Waals surface area (Å²) in [5.41, 5.74) is 1.57. The van der Waals surface area contributed by atoms with Gasteiger partial charge >= 0.3 is 0 Å². The maximum Gasteiger partial charge on any atom is 0.225 e. The molecule has 17 heavy (non-hydrogen) atoms. The molecule has 0 radical (unpaired) electrons. The first-order valence-electron chi connectivity index (χ1n) is 6.40. The first kappa shape index (κ1) is 11.0. The highest BCUT2D eigenvalue weighted by atomic mass is 15.3. The Labute approximate surface area is 103 Å². The molecule has 0 atom stereocenters. The topological polar surface area (TPSA) is 32.3 Å². The number of rotatable bonds is 1. The Morgan fingerprint density at radius 1 is 1.29 bits per heavy atom. The molecule has 2 aliphatic rings. The quantitative estimate of drug-likeness (QED) is 0.731. The van der Waals surface area contributed by atoms with E-state index < -0.39 is 0 Å². The Kier molecular flexibility index (Phi) is 2.54. The van der Waals surface area contributed by atoms with Crippen molar-refractivity contribution in [3.63, 3.8) is 0 Å². The fourth-order valence-corrected chi connectivity index (χ4v) is 3.32. The van der Waals surface area contributed by atoms with Crippen molar-refractivity contribution >= 4 is 5.95 Å². The number of nitrogens with zero attached hydrogens (tertiary/aromatic N) is 4. The minimum atomic E-state index is 0.514. The van der Waals surface area contributed by atoms with Gasteiger partial charge in [0, 0.05) is 43.5 Å². The predicted octanol–water partition coefficient (Wildman–Crippen LogP) is 1.32. The molecule has 2 aliphatic heterocycles. The maximum atomic E-state index is 4.54. The number of aryl methyl sites for hydroxylation is 1. The fourth-order valence-electron chi connectivity index (χ4n) is 3.32. The Bertz CT molecular complexity index is 406. The van der Waals surface area contributed by atoms with Crippen LogP contribution in [-0.2, 0) is 0 Å². The van der Waals surface area contributed by atoms with Crippen LogP contribution in [0, 0.1) is 12.3 Å². The third-order valence-electron chi connectivity index (χ3n) is 3.94. The summed E-state index contributed by atoms with van der Waals surface area (Å²) in [4.78, 5) is 13.7. The van der Waals surface area contributed by atoms with E-state index in [1.165, 1.54) is 25.9 Å². The van der Waals surface area contributed by atoms with Crippen LogP contribution in [0.5, 0.6) is 0 Å². The minimum absolute atomic E-state index is 0.514. The van der Waals surface area contributed by atoms with Gasteiger partial charge in [0.15, 0.2) is 0 Å². The number of likely N-dealkylation sites (tertiary alicyclic amines) is 1. The normalized spacial score (nSPS) is 23.8. The van der Waals surface area contributed by atoms with Crippen molar-refractivity contribution in [1.82, 2.24) is 14.9 Å². The van der Waals surface area contributed by atoms with E-state index >= 15 is 0 Å². The van der Waals surface area contributed by atoms with Crippen LogP contribution in [0.25, 0.3) is 0 Å². The number of piperidine rings is 1. The Morgan fingerprint density at radius 2 is 2.12 bits per heavy atom. The van der Waals surface area contributed by atoms with Crippen molar-refractivity contribution in [2.75, 3.05) is 38.1 Å². The van der Waals surface area contributed by atoms with Gasteiger partial charge < -0.3 is 9.80 Å². The van der Waals surface area contributed by atoms with Gasteiger partial charge in [0.05, 0.1) is 0 Å². The first-order chi connectivity index (χ1) is 8.17. The van der Waals surface area contributed by atoms with Crippen LogP contribution in [0.2, 0.25) is 0 Å². The van der Waals surface area contributed by atoms with E-state index in [0.29, 0.717) is 5.41 Å². The summed E-state index contributed by atoms with van der Waals surface area (Å²) in [7, 11) is 2.20. The molecule has 0 bridgehead atoms. The molecular weight excluding hydrogens is 212 g/mol. The predicted molar refractivity (Wildman–Crippen MR) is 68.1 cm³/mol. The molecule has 92 valence electrons. The molecule has 2 saturated heterocycles. The lowest BCUT2D eigenvalue weighted by atomic mass is 9.74. The Hall–Kier alpha value is -1.16. The van der Waals surface area contributed by atoms with Crippen LogP contribution in [0.3, 0.4) is 0 Å². The molecule has 0 saturated carbocycles. The summed E-state index contributed by atoms with van der Waals surface area (Å²) in [5.74, 6) is 0.915. The van der Waals surface area contributed by atoms with Crippen molar-refractivity contribution < 1.29 is 0 Å². The molecule has 0 N–H and O–H groups in total. The number of hydrogen-bond acceptors (Lipinski definition) is 4. The van der Waals surface area contributed by atoms with E-state index in [1.807, 2.05) is 19.2 Å². The lowest BCUT2D eigenvalue weighted by Gasteiger charge is -2.53. The SMILES string of the molecule is Cc1ccnc(N2CCCC3(CN(C)C3)C2)n1. The fraction of sp³-hybridized carbons (Fsp3) is 0.692. The molecule has 3 heterocycles. The number of anilines is 1. The molecule has 1 aromatic rings. The molecule has 4 heteroatoms. The zero-order valence-corrected chi connectivity index (χ0v) is 10.7. The third kappa shape index (κ3) is 2.02. The molecular formula is C13H20N4. The van der Waals surface area contributed by atoms with Gasteiger partial charge in [0.1, 0.15) is 0 Å². The van der Waals surface area contributed by atoms with Crippen molar-refractivity contribution in [2.24, 2.45) is 5.41 Å². The van der Waals surface area contributed by atoms with E-state index in [9.17, 15) is 0 Å². The molecule has 2 fully saturated rings. The van der Waals surface area contributed by atoms with Crippen LogP contribution < -0.4 is 4.90 Å². The second kappa shape index (κ2) is 3.95. The van der Waals surface area contributed by atoms with Gasteiger partial charge in [-0.25, -0.2) is 9.97 Å². The molecule has 0 aliphatic carbocycles. The summed E-state index contributed by atoms with van der Waals surface area (Å²) in [5, 5.41) is 0. The Balaban J connectivity index is 1.76. The van der Waals surface area contributed by atoms with Gasteiger partial charge in [-0.05, 0) is 32.9 Å². The second-order valence-electron chi connectivity index (χ2n) is 5.70. The Morgan fingerprint density at radius 3 is 2.82 bits per heavy atom. The van der Waals surface area contributed by atoms with Crippen LogP contribution in [0.1, 0.15) is 18.5 Å². The van der Waals surface area contributed by atoms with Crippen LogP contribution in [0.15, 0.2) is 12.3 Å². The van der Waals surface area contributed by atoms with Gasteiger partial charge in [0.25, 0.3) is 0 Å². The second-order valence-corrected chi connectivity index (χ2v) is 5.70. The minimum Gasteiger partial charge on any atom is -0.340 e. The summed E-state index contributed by atoms with van der Waals surface area (Å²) in [6.45, 7) is 6.72. The molecule has 4 nitrogen and oxygen atoms in total. The zero-order chi connectivity index (χ0) is 11.9. The van der Waals surface area contributed by atoms with Crippen molar-refractivity contribution in [2.45, 2.75) is 19.8 Å². The highest BCUT2D eigenvalue weighted by Gasteiger charge is 2.44.